The van der Waals surface area contributed by atoms with Crippen LogP contribution in [-0.2, 0) is 0 Å². The van der Waals surface area contributed by atoms with Gasteiger partial charge in [-0.1, -0.05) is 28.1 Å². The lowest BCUT2D eigenvalue weighted by atomic mass is 10.0. The molecule has 0 bridgehead atoms. The van der Waals surface area contributed by atoms with Crippen LogP contribution >= 0.6 is 15.9 Å². The summed E-state index contributed by atoms with van der Waals surface area (Å²) in [4.78, 5) is 10.3. The smallest absolute Gasteiger partial charge is 0.273 e. The minimum atomic E-state index is -0.437. The molecule has 0 fully saturated rings. The average Bonchev–Trinajstić information content (AvgIpc) is 2.39. The molecule has 0 saturated heterocycles. The van der Waals surface area contributed by atoms with Crippen LogP contribution in [0.1, 0.15) is 0 Å². The van der Waals surface area contributed by atoms with E-state index in [1.807, 2.05) is 24.3 Å². The first kappa shape index (κ1) is 12.6. The highest BCUT2D eigenvalue weighted by molar-refractivity contribution is 9.10. The van der Waals surface area contributed by atoms with Crippen LogP contribution in [0.3, 0.4) is 0 Å². The molecule has 0 heterocycles. The lowest BCUT2D eigenvalue weighted by molar-refractivity contribution is -0.384. The van der Waals surface area contributed by atoms with E-state index in [0.29, 0.717) is 5.75 Å². The van der Waals surface area contributed by atoms with Crippen molar-refractivity contribution in [1.82, 2.24) is 0 Å². The average molecular weight is 308 g/mol. The molecule has 18 heavy (non-hydrogen) atoms. The third-order valence-corrected chi connectivity index (χ3v) is 3.08. The second-order valence-electron chi connectivity index (χ2n) is 3.65. The Morgan fingerprint density at radius 3 is 2.39 bits per heavy atom. The van der Waals surface area contributed by atoms with Gasteiger partial charge in [-0.3, -0.25) is 10.1 Å². The van der Waals surface area contributed by atoms with Gasteiger partial charge in [0.1, 0.15) is 5.75 Å². The van der Waals surface area contributed by atoms with Crippen molar-refractivity contribution in [3.63, 3.8) is 0 Å². The maximum Gasteiger partial charge on any atom is 0.273 e. The van der Waals surface area contributed by atoms with Gasteiger partial charge in [0.15, 0.2) is 0 Å². The van der Waals surface area contributed by atoms with E-state index in [1.54, 1.807) is 6.07 Å². The highest BCUT2D eigenvalue weighted by Gasteiger charge is 2.12. The Bertz CT molecular complexity index is 581. The SMILES string of the molecule is COc1cc([N+](=O)[O-])ccc1-c1ccc(Br)cc1. The zero-order chi connectivity index (χ0) is 13.1. The molecule has 0 saturated carbocycles. The summed E-state index contributed by atoms with van der Waals surface area (Å²) in [5.41, 5.74) is 1.80. The predicted octanol–water partition coefficient (Wildman–Crippen LogP) is 4.03. The summed E-state index contributed by atoms with van der Waals surface area (Å²) in [6.45, 7) is 0. The van der Waals surface area contributed by atoms with Crippen LogP contribution in [-0.4, -0.2) is 12.0 Å². The van der Waals surface area contributed by atoms with E-state index in [4.69, 9.17) is 4.74 Å². The third-order valence-electron chi connectivity index (χ3n) is 2.55. The van der Waals surface area contributed by atoms with Gasteiger partial charge in [0, 0.05) is 16.1 Å². The van der Waals surface area contributed by atoms with Crippen molar-refractivity contribution < 1.29 is 9.66 Å². The predicted molar refractivity (Wildman–Crippen MR) is 72.8 cm³/mol. The van der Waals surface area contributed by atoms with Crippen LogP contribution in [0.5, 0.6) is 5.75 Å². The van der Waals surface area contributed by atoms with Crippen molar-refractivity contribution in [2.75, 3.05) is 7.11 Å². The van der Waals surface area contributed by atoms with Gasteiger partial charge in [-0.25, -0.2) is 0 Å². The molecule has 0 aliphatic carbocycles. The molecule has 0 spiro atoms. The molecule has 2 rings (SSSR count). The Balaban J connectivity index is 2.50. The molecule has 4 nitrogen and oxygen atoms in total. The standard InChI is InChI=1S/C13H10BrNO3/c1-18-13-8-11(15(16)17)6-7-12(13)9-2-4-10(14)5-3-9/h2-8H,1H3. The molecule has 5 heteroatoms. The van der Waals surface area contributed by atoms with E-state index < -0.39 is 4.92 Å². The summed E-state index contributed by atoms with van der Waals surface area (Å²) in [7, 11) is 1.50. The van der Waals surface area contributed by atoms with Gasteiger partial charge in [0.2, 0.25) is 0 Å². The number of non-ortho nitro benzene ring substituents is 1. The normalized spacial score (nSPS) is 10.1. The van der Waals surface area contributed by atoms with Crippen LogP contribution in [0.15, 0.2) is 46.9 Å². The second-order valence-corrected chi connectivity index (χ2v) is 4.56. The van der Waals surface area contributed by atoms with Crippen LogP contribution in [0.4, 0.5) is 5.69 Å². The van der Waals surface area contributed by atoms with E-state index in [1.165, 1.54) is 19.2 Å². The molecule has 0 amide bonds. The summed E-state index contributed by atoms with van der Waals surface area (Å²) in [5, 5.41) is 10.7. The highest BCUT2D eigenvalue weighted by Crippen LogP contribution is 2.33. The van der Waals surface area contributed by atoms with E-state index in [9.17, 15) is 10.1 Å². The molecular weight excluding hydrogens is 298 g/mol. The minimum absolute atomic E-state index is 0.0210. The van der Waals surface area contributed by atoms with E-state index >= 15 is 0 Å². The maximum absolute atomic E-state index is 10.7. The van der Waals surface area contributed by atoms with Crippen LogP contribution < -0.4 is 4.74 Å². The quantitative estimate of drug-likeness (QED) is 0.635. The topological polar surface area (TPSA) is 52.4 Å². The number of nitrogens with zero attached hydrogens (tertiary/aromatic N) is 1. The molecule has 0 radical (unpaired) electrons. The number of ether oxygens (including phenoxy) is 1. The fraction of sp³-hybridized carbons (Fsp3) is 0.0769. The first-order valence-electron chi connectivity index (χ1n) is 5.20. The maximum atomic E-state index is 10.7. The molecule has 0 aliphatic heterocycles. The molecule has 2 aromatic rings. The fourth-order valence-electron chi connectivity index (χ4n) is 1.66. The van der Waals surface area contributed by atoms with Gasteiger partial charge >= 0.3 is 0 Å². The lowest BCUT2D eigenvalue weighted by Gasteiger charge is -2.08. The van der Waals surface area contributed by atoms with Gasteiger partial charge in [0.25, 0.3) is 5.69 Å². The number of rotatable bonds is 3. The Labute approximate surface area is 112 Å². The Hall–Kier alpha value is -1.88. The van der Waals surface area contributed by atoms with E-state index in [0.717, 1.165) is 15.6 Å². The summed E-state index contributed by atoms with van der Waals surface area (Å²) in [6.07, 6.45) is 0. The number of hydrogen-bond acceptors (Lipinski definition) is 3. The Morgan fingerprint density at radius 2 is 1.83 bits per heavy atom. The van der Waals surface area contributed by atoms with Crippen LogP contribution in [0, 0.1) is 10.1 Å². The second kappa shape index (κ2) is 5.18. The van der Waals surface area contributed by atoms with Crippen molar-refractivity contribution in [3.05, 3.63) is 57.1 Å². The first-order chi connectivity index (χ1) is 8.61. The molecule has 2 aromatic carbocycles. The van der Waals surface area contributed by atoms with Crippen molar-refractivity contribution in [3.8, 4) is 16.9 Å². The Kier molecular flexibility index (Phi) is 3.62. The van der Waals surface area contributed by atoms with Crippen molar-refractivity contribution in [2.24, 2.45) is 0 Å². The monoisotopic (exact) mass is 307 g/mol. The number of nitro groups is 1. The molecule has 0 unspecified atom stereocenters. The van der Waals surface area contributed by atoms with Gasteiger partial charge in [-0.15, -0.1) is 0 Å². The van der Waals surface area contributed by atoms with Gasteiger partial charge in [-0.2, -0.15) is 0 Å². The summed E-state index contributed by atoms with van der Waals surface area (Å²) in [6, 6.07) is 12.3. The largest absolute Gasteiger partial charge is 0.496 e. The molecule has 0 N–H and O–H groups in total. The zero-order valence-corrected chi connectivity index (χ0v) is 11.2. The van der Waals surface area contributed by atoms with Gasteiger partial charge in [0.05, 0.1) is 18.1 Å². The number of nitro benzene ring substituents is 1. The molecule has 92 valence electrons. The number of methoxy groups -OCH3 is 1. The number of benzene rings is 2. The van der Waals surface area contributed by atoms with E-state index in [-0.39, 0.29) is 5.69 Å². The zero-order valence-electron chi connectivity index (χ0n) is 9.59. The van der Waals surface area contributed by atoms with Crippen molar-refractivity contribution in [2.45, 2.75) is 0 Å². The van der Waals surface area contributed by atoms with Crippen molar-refractivity contribution in [1.29, 1.82) is 0 Å². The number of hydrogen-bond donors (Lipinski definition) is 0. The lowest BCUT2D eigenvalue weighted by Crippen LogP contribution is -1.92. The summed E-state index contributed by atoms with van der Waals surface area (Å²) < 4.78 is 6.18. The van der Waals surface area contributed by atoms with Crippen LogP contribution in [0.2, 0.25) is 0 Å². The molecular formula is C13H10BrNO3. The first-order valence-corrected chi connectivity index (χ1v) is 5.99. The molecule has 0 aliphatic rings. The third kappa shape index (κ3) is 2.51. The Morgan fingerprint density at radius 1 is 1.17 bits per heavy atom. The molecule has 0 aromatic heterocycles. The molecule has 0 atom stereocenters. The fourth-order valence-corrected chi connectivity index (χ4v) is 1.93. The van der Waals surface area contributed by atoms with Crippen molar-refractivity contribution >= 4 is 21.6 Å². The summed E-state index contributed by atoms with van der Waals surface area (Å²) in [5.74, 6) is 0.492. The van der Waals surface area contributed by atoms with E-state index in [2.05, 4.69) is 15.9 Å². The van der Waals surface area contributed by atoms with Gasteiger partial charge < -0.3 is 4.74 Å². The summed E-state index contributed by atoms with van der Waals surface area (Å²) >= 11 is 3.36. The number of halogens is 1. The minimum Gasteiger partial charge on any atom is -0.496 e. The van der Waals surface area contributed by atoms with Crippen LogP contribution in [0.25, 0.3) is 11.1 Å². The van der Waals surface area contributed by atoms with Gasteiger partial charge in [-0.05, 0) is 23.8 Å². The highest BCUT2D eigenvalue weighted by atomic mass is 79.9.